The fraction of sp³-hybridized carbons (Fsp3) is 0.235. The fourth-order valence-electron chi connectivity index (χ4n) is 2.14. The summed E-state index contributed by atoms with van der Waals surface area (Å²) >= 11 is 0. The van der Waals surface area contributed by atoms with Crippen LogP contribution in [0.5, 0.6) is 0 Å². The molecule has 0 aliphatic heterocycles. The fourth-order valence-corrected chi connectivity index (χ4v) is 2.78. The molecule has 2 rings (SSSR count). The lowest BCUT2D eigenvalue weighted by Gasteiger charge is -2.12. The summed E-state index contributed by atoms with van der Waals surface area (Å²) in [6, 6.07) is 12.2. The van der Waals surface area contributed by atoms with Gasteiger partial charge in [0, 0.05) is 16.9 Å². The largest absolute Gasteiger partial charge is 0.322 e. The number of anilines is 2. The summed E-state index contributed by atoms with van der Waals surface area (Å²) in [6.45, 7) is 5.44. The van der Waals surface area contributed by atoms with Crippen LogP contribution in [-0.4, -0.2) is 20.1 Å². The predicted molar refractivity (Wildman–Crippen MR) is 93.4 cm³/mol. The van der Waals surface area contributed by atoms with E-state index in [1.54, 1.807) is 31.2 Å². The highest BCUT2D eigenvalue weighted by Crippen LogP contribution is 2.20. The summed E-state index contributed by atoms with van der Waals surface area (Å²) in [5, 5.41) is 2.90. The molecule has 0 fully saturated rings. The Morgan fingerprint density at radius 2 is 1.57 bits per heavy atom. The van der Waals surface area contributed by atoms with Crippen LogP contribution in [0.3, 0.4) is 0 Å². The molecule has 0 aliphatic rings. The minimum absolute atomic E-state index is 0.00178. The van der Waals surface area contributed by atoms with Gasteiger partial charge < -0.3 is 5.32 Å². The van der Waals surface area contributed by atoms with E-state index in [0.717, 1.165) is 16.8 Å². The van der Waals surface area contributed by atoms with Gasteiger partial charge in [0.15, 0.2) is 0 Å². The maximum absolute atomic E-state index is 12.3. The summed E-state index contributed by atoms with van der Waals surface area (Å²) in [5.74, 6) is -0.228. The molecule has 2 aromatic carbocycles. The van der Waals surface area contributed by atoms with Crippen molar-refractivity contribution in [1.29, 1.82) is 0 Å². The third kappa shape index (κ3) is 4.32. The van der Waals surface area contributed by atoms with Gasteiger partial charge in [0.2, 0.25) is 10.0 Å². The molecule has 0 radical (unpaired) electrons. The van der Waals surface area contributed by atoms with Crippen LogP contribution >= 0.6 is 0 Å². The summed E-state index contributed by atoms with van der Waals surface area (Å²) < 4.78 is 25.5. The van der Waals surface area contributed by atoms with Crippen LogP contribution in [0.1, 0.15) is 28.4 Å². The zero-order valence-electron chi connectivity index (χ0n) is 13.4. The van der Waals surface area contributed by atoms with Gasteiger partial charge in [-0.25, -0.2) is 8.42 Å². The quantitative estimate of drug-likeness (QED) is 0.882. The number of aryl methyl sites for hydroxylation is 2. The van der Waals surface area contributed by atoms with Gasteiger partial charge in [-0.3, -0.25) is 9.52 Å². The summed E-state index contributed by atoms with van der Waals surface area (Å²) in [4.78, 5) is 12.3. The van der Waals surface area contributed by atoms with Crippen molar-refractivity contribution in [2.24, 2.45) is 0 Å². The number of para-hydroxylation sites is 1. The average Bonchev–Trinajstić information content (AvgIpc) is 2.51. The van der Waals surface area contributed by atoms with E-state index in [2.05, 4.69) is 10.0 Å². The molecule has 0 bridgehead atoms. The summed E-state index contributed by atoms with van der Waals surface area (Å²) in [6.07, 6.45) is 0. The molecule has 0 aliphatic carbocycles. The van der Waals surface area contributed by atoms with Gasteiger partial charge in [-0.05, 0) is 56.2 Å². The van der Waals surface area contributed by atoms with Crippen LogP contribution in [-0.2, 0) is 10.0 Å². The third-order valence-corrected chi connectivity index (χ3v) is 4.83. The second-order valence-electron chi connectivity index (χ2n) is 5.30. The van der Waals surface area contributed by atoms with Gasteiger partial charge in [0.1, 0.15) is 0 Å². The Hall–Kier alpha value is -2.34. The molecule has 6 heteroatoms. The second kappa shape index (κ2) is 6.83. The maximum Gasteiger partial charge on any atom is 0.255 e. The normalized spacial score (nSPS) is 11.1. The molecular formula is C17H20N2O3S. The first-order valence-electron chi connectivity index (χ1n) is 7.30. The van der Waals surface area contributed by atoms with E-state index in [0.29, 0.717) is 11.3 Å². The number of sulfonamides is 1. The van der Waals surface area contributed by atoms with E-state index in [4.69, 9.17) is 0 Å². The Morgan fingerprint density at radius 3 is 2.09 bits per heavy atom. The summed E-state index contributed by atoms with van der Waals surface area (Å²) in [7, 11) is -3.32. The molecule has 5 nitrogen and oxygen atoms in total. The Kier molecular flexibility index (Phi) is 5.05. The van der Waals surface area contributed by atoms with Gasteiger partial charge in [0.05, 0.1) is 5.75 Å². The number of carbonyl (C=O) groups excluding carboxylic acids is 1. The number of nitrogens with one attached hydrogen (secondary N) is 2. The highest BCUT2D eigenvalue weighted by molar-refractivity contribution is 7.92. The molecule has 0 saturated heterocycles. The zero-order valence-corrected chi connectivity index (χ0v) is 14.2. The number of benzene rings is 2. The lowest BCUT2D eigenvalue weighted by molar-refractivity contribution is 0.102. The molecule has 0 spiro atoms. The van der Waals surface area contributed by atoms with E-state index in [1.807, 2.05) is 32.0 Å². The van der Waals surface area contributed by atoms with E-state index < -0.39 is 10.0 Å². The molecule has 0 saturated carbocycles. The van der Waals surface area contributed by atoms with Crippen molar-refractivity contribution in [2.75, 3.05) is 15.8 Å². The minimum atomic E-state index is -3.32. The molecule has 1 amide bonds. The first-order chi connectivity index (χ1) is 10.8. The van der Waals surface area contributed by atoms with Gasteiger partial charge in [-0.1, -0.05) is 18.2 Å². The van der Waals surface area contributed by atoms with Crippen LogP contribution in [0.25, 0.3) is 0 Å². The zero-order chi connectivity index (χ0) is 17.0. The van der Waals surface area contributed by atoms with E-state index in [1.165, 1.54) is 0 Å². The van der Waals surface area contributed by atoms with Crippen molar-refractivity contribution in [2.45, 2.75) is 20.8 Å². The van der Waals surface area contributed by atoms with Crippen molar-refractivity contribution >= 4 is 27.3 Å². The smallest absolute Gasteiger partial charge is 0.255 e. The SMILES string of the molecule is CCS(=O)(=O)Nc1ccc(C(=O)Nc2c(C)cccc2C)cc1. The molecular weight excluding hydrogens is 312 g/mol. The molecule has 2 aromatic rings. The van der Waals surface area contributed by atoms with E-state index in [-0.39, 0.29) is 11.7 Å². The second-order valence-corrected chi connectivity index (χ2v) is 7.31. The van der Waals surface area contributed by atoms with E-state index >= 15 is 0 Å². The number of carbonyl (C=O) groups is 1. The monoisotopic (exact) mass is 332 g/mol. The molecule has 0 aromatic heterocycles. The molecule has 2 N–H and O–H groups in total. The standard InChI is InChI=1S/C17H20N2O3S/c1-4-23(21,22)19-15-10-8-14(9-11-15)17(20)18-16-12(2)6-5-7-13(16)3/h5-11,19H,4H2,1-3H3,(H,18,20). The predicted octanol–water partition coefficient (Wildman–Crippen LogP) is 3.32. The molecule has 23 heavy (non-hydrogen) atoms. The molecule has 122 valence electrons. The third-order valence-electron chi connectivity index (χ3n) is 3.52. The van der Waals surface area contributed by atoms with E-state index in [9.17, 15) is 13.2 Å². The van der Waals surface area contributed by atoms with Crippen LogP contribution in [0.15, 0.2) is 42.5 Å². The maximum atomic E-state index is 12.3. The van der Waals surface area contributed by atoms with Crippen molar-refractivity contribution < 1.29 is 13.2 Å². The van der Waals surface area contributed by atoms with Gasteiger partial charge in [-0.15, -0.1) is 0 Å². The number of amides is 1. The van der Waals surface area contributed by atoms with Crippen LogP contribution < -0.4 is 10.0 Å². The van der Waals surface area contributed by atoms with Gasteiger partial charge in [0.25, 0.3) is 5.91 Å². The topological polar surface area (TPSA) is 75.3 Å². The molecule has 0 unspecified atom stereocenters. The Labute approximate surface area is 136 Å². The van der Waals surface area contributed by atoms with Crippen molar-refractivity contribution in [1.82, 2.24) is 0 Å². The molecule has 0 atom stereocenters. The van der Waals surface area contributed by atoms with Crippen LogP contribution in [0, 0.1) is 13.8 Å². The van der Waals surface area contributed by atoms with Crippen molar-refractivity contribution in [3.05, 3.63) is 59.2 Å². The van der Waals surface area contributed by atoms with Crippen LogP contribution in [0.2, 0.25) is 0 Å². The number of rotatable bonds is 5. The Morgan fingerprint density at radius 1 is 1.00 bits per heavy atom. The lowest BCUT2D eigenvalue weighted by Crippen LogP contribution is -2.16. The lowest BCUT2D eigenvalue weighted by atomic mass is 10.1. The van der Waals surface area contributed by atoms with Gasteiger partial charge >= 0.3 is 0 Å². The van der Waals surface area contributed by atoms with Crippen molar-refractivity contribution in [3.8, 4) is 0 Å². The first-order valence-corrected chi connectivity index (χ1v) is 8.96. The highest BCUT2D eigenvalue weighted by Gasteiger charge is 2.11. The van der Waals surface area contributed by atoms with Crippen molar-refractivity contribution in [3.63, 3.8) is 0 Å². The summed E-state index contributed by atoms with van der Waals surface area (Å²) in [5.41, 5.74) is 3.69. The Bertz CT molecular complexity index is 792. The Balaban J connectivity index is 2.15. The minimum Gasteiger partial charge on any atom is -0.322 e. The first kappa shape index (κ1) is 17.0. The number of hydrogen-bond donors (Lipinski definition) is 2. The highest BCUT2D eigenvalue weighted by atomic mass is 32.2. The molecule has 0 heterocycles. The average molecular weight is 332 g/mol. The number of hydrogen-bond acceptors (Lipinski definition) is 3. The van der Waals surface area contributed by atoms with Crippen LogP contribution in [0.4, 0.5) is 11.4 Å². The van der Waals surface area contributed by atoms with Gasteiger partial charge in [-0.2, -0.15) is 0 Å².